The highest BCUT2D eigenvalue weighted by atomic mass is 32.2. The maximum Gasteiger partial charge on any atom is 0.268 e. The molecule has 0 radical (unpaired) electrons. The normalized spacial score (nSPS) is 20.2. The maximum atomic E-state index is 13.3. The number of carbonyl (C=O) groups is 1. The van der Waals surface area contributed by atoms with Crippen LogP contribution in [0.4, 0.5) is 0 Å². The number of amides is 1. The van der Waals surface area contributed by atoms with Crippen LogP contribution < -0.4 is 5.32 Å². The first kappa shape index (κ1) is 21.0. The Morgan fingerprint density at radius 3 is 2.40 bits per heavy atom. The Morgan fingerprint density at radius 2 is 1.80 bits per heavy atom. The van der Waals surface area contributed by atoms with Crippen molar-refractivity contribution in [3.8, 4) is 0 Å². The molecule has 2 aromatic rings. The fraction of sp³-hybridized carbons (Fsp3) is 0.650. The van der Waals surface area contributed by atoms with Crippen molar-refractivity contribution in [2.24, 2.45) is 7.05 Å². The number of sulfonamides is 1. The van der Waals surface area contributed by atoms with Crippen LogP contribution in [0.3, 0.4) is 0 Å². The molecule has 1 amide bonds. The molecule has 2 fully saturated rings. The maximum absolute atomic E-state index is 13.3. The van der Waals surface area contributed by atoms with Crippen molar-refractivity contribution in [1.82, 2.24) is 24.3 Å². The van der Waals surface area contributed by atoms with Crippen LogP contribution in [0.1, 0.15) is 73.6 Å². The molecule has 0 spiro atoms. The van der Waals surface area contributed by atoms with Gasteiger partial charge in [-0.3, -0.25) is 4.79 Å². The predicted molar refractivity (Wildman–Crippen MR) is 109 cm³/mol. The number of carbonyl (C=O) groups excluding carboxylic acids is 1. The van der Waals surface area contributed by atoms with Gasteiger partial charge in [-0.25, -0.2) is 8.42 Å². The van der Waals surface area contributed by atoms with Crippen molar-refractivity contribution in [2.45, 2.75) is 68.7 Å². The summed E-state index contributed by atoms with van der Waals surface area (Å²) in [6.07, 6.45) is 8.79. The molecule has 2 aliphatic rings. The number of hydrogen-bond donors (Lipinski definition) is 1. The van der Waals surface area contributed by atoms with Crippen molar-refractivity contribution in [1.29, 1.82) is 0 Å². The van der Waals surface area contributed by atoms with E-state index in [1.54, 1.807) is 18.5 Å². The molecule has 4 rings (SSSR count). The van der Waals surface area contributed by atoms with Crippen LogP contribution in [0.15, 0.2) is 21.7 Å². The highest BCUT2D eigenvalue weighted by Gasteiger charge is 2.40. The molecule has 1 aliphatic carbocycles. The standard InChI is InChI=1S/C20H29N5O4S/c1-15-21-19(23-29-15)20(9-5-3-4-6-10-20)22-18(26)17-13-16(14-24(17)2)30(27,28)25-11-7-8-12-25/h13-14H,3-12H2,1-2H3,(H,22,26). The van der Waals surface area contributed by atoms with Gasteiger partial charge in [-0.1, -0.05) is 30.8 Å². The zero-order valence-corrected chi connectivity index (χ0v) is 18.4. The van der Waals surface area contributed by atoms with Gasteiger partial charge in [0.1, 0.15) is 16.1 Å². The molecule has 9 nitrogen and oxygen atoms in total. The first-order chi connectivity index (χ1) is 14.3. The monoisotopic (exact) mass is 435 g/mol. The van der Waals surface area contributed by atoms with Gasteiger partial charge in [0.25, 0.3) is 5.91 Å². The quantitative estimate of drug-likeness (QED) is 0.723. The molecule has 30 heavy (non-hydrogen) atoms. The lowest BCUT2D eigenvalue weighted by Gasteiger charge is -2.30. The summed E-state index contributed by atoms with van der Waals surface area (Å²) >= 11 is 0. The van der Waals surface area contributed by atoms with Crippen LogP contribution in [0.2, 0.25) is 0 Å². The highest BCUT2D eigenvalue weighted by molar-refractivity contribution is 7.89. The number of hydrogen-bond acceptors (Lipinski definition) is 6. The summed E-state index contributed by atoms with van der Waals surface area (Å²) < 4.78 is 34.0. The summed E-state index contributed by atoms with van der Waals surface area (Å²) in [5, 5.41) is 7.25. The predicted octanol–water partition coefficient (Wildman–Crippen LogP) is 2.48. The van der Waals surface area contributed by atoms with Crippen LogP contribution in [0.5, 0.6) is 0 Å². The molecule has 0 aromatic carbocycles. The Balaban J connectivity index is 1.62. The van der Waals surface area contributed by atoms with E-state index in [9.17, 15) is 13.2 Å². The summed E-state index contributed by atoms with van der Waals surface area (Å²) in [6, 6.07) is 1.47. The second-order valence-corrected chi connectivity index (χ2v) is 10.3. The zero-order chi connectivity index (χ0) is 21.4. The summed E-state index contributed by atoms with van der Waals surface area (Å²) in [7, 11) is -1.89. The fourth-order valence-electron chi connectivity index (χ4n) is 4.49. The molecule has 0 unspecified atom stereocenters. The van der Waals surface area contributed by atoms with Gasteiger partial charge in [0.05, 0.1) is 0 Å². The van der Waals surface area contributed by atoms with Gasteiger partial charge in [0.2, 0.25) is 15.9 Å². The van der Waals surface area contributed by atoms with Crippen LogP contribution in [-0.2, 0) is 22.6 Å². The minimum absolute atomic E-state index is 0.155. The van der Waals surface area contributed by atoms with E-state index >= 15 is 0 Å². The van der Waals surface area contributed by atoms with E-state index in [1.165, 1.54) is 16.6 Å². The average molecular weight is 436 g/mol. The van der Waals surface area contributed by atoms with Crippen molar-refractivity contribution >= 4 is 15.9 Å². The van der Waals surface area contributed by atoms with Crippen LogP contribution in [0.25, 0.3) is 0 Å². The van der Waals surface area contributed by atoms with Gasteiger partial charge in [0, 0.05) is 33.3 Å². The zero-order valence-electron chi connectivity index (χ0n) is 17.6. The summed E-state index contributed by atoms with van der Waals surface area (Å²) in [5.41, 5.74) is -0.402. The van der Waals surface area contributed by atoms with Crippen LogP contribution in [0, 0.1) is 6.92 Å². The molecule has 1 saturated heterocycles. The second-order valence-electron chi connectivity index (χ2n) is 8.37. The molecule has 1 aliphatic heterocycles. The van der Waals surface area contributed by atoms with E-state index in [0.29, 0.717) is 30.5 Å². The molecular weight excluding hydrogens is 406 g/mol. The van der Waals surface area contributed by atoms with Crippen molar-refractivity contribution in [2.75, 3.05) is 13.1 Å². The third-order valence-corrected chi connectivity index (χ3v) is 8.04. The molecule has 164 valence electrons. The third-order valence-electron chi connectivity index (χ3n) is 6.18. The minimum atomic E-state index is -3.58. The minimum Gasteiger partial charge on any atom is -0.345 e. The van der Waals surface area contributed by atoms with Crippen molar-refractivity contribution in [3.05, 3.63) is 29.7 Å². The number of aryl methyl sites for hydroxylation is 2. The molecule has 0 bridgehead atoms. The van der Waals surface area contributed by atoms with E-state index in [-0.39, 0.29) is 10.8 Å². The van der Waals surface area contributed by atoms with E-state index in [1.807, 2.05) is 0 Å². The Bertz CT molecular complexity index is 1010. The number of aromatic nitrogens is 3. The van der Waals surface area contributed by atoms with Gasteiger partial charge in [-0.2, -0.15) is 9.29 Å². The van der Waals surface area contributed by atoms with Gasteiger partial charge < -0.3 is 14.4 Å². The Hall–Kier alpha value is -2.20. The van der Waals surface area contributed by atoms with Crippen LogP contribution in [-0.4, -0.2) is 46.4 Å². The number of rotatable bonds is 5. The Kier molecular flexibility index (Phi) is 5.71. The second kappa shape index (κ2) is 8.14. The smallest absolute Gasteiger partial charge is 0.268 e. The molecule has 10 heteroatoms. The van der Waals surface area contributed by atoms with E-state index in [2.05, 4.69) is 15.5 Å². The Morgan fingerprint density at radius 1 is 1.13 bits per heavy atom. The number of nitrogens with zero attached hydrogens (tertiary/aromatic N) is 4. The molecule has 1 N–H and O–H groups in total. The van der Waals surface area contributed by atoms with Crippen LogP contribution >= 0.6 is 0 Å². The first-order valence-electron chi connectivity index (χ1n) is 10.6. The summed E-state index contributed by atoms with van der Waals surface area (Å²) in [4.78, 5) is 17.8. The molecule has 3 heterocycles. The lowest BCUT2D eigenvalue weighted by molar-refractivity contribution is 0.0868. The number of nitrogens with one attached hydrogen (secondary N) is 1. The SMILES string of the molecule is Cc1nc(C2(NC(=O)c3cc(S(=O)(=O)N4CCCC4)cn3C)CCCCCC2)no1. The van der Waals surface area contributed by atoms with E-state index in [4.69, 9.17) is 4.52 Å². The molecular formula is C20H29N5O4S. The van der Waals surface area contributed by atoms with Crippen molar-refractivity contribution < 1.29 is 17.7 Å². The summed E-state index contributed by atoms with van der Waals surface area (Å²) in [5.74, 6) is 0.625. The first-order valence-corrected chi connectivity index (χ1v) is 12.1. The summed E-state index contributed by atoms with van der Waals surface area (Å²) in [6.45, 7) is 2.79. The van der Waals surface area contributed by atoms with E-state index in [0.717, 1.165) is 51.4 Å². The Labute approximate surface area is 176 Å². The largest absolute Gasteiger partial charge is 0.345 e. The lowest BCUT2D eigenvalue weighted by Crippen LogP contribution is -2.47. The molecule has 0 atom stereocenters. The van der Waals surface area contributed by atoms with Crippen molar-refractivity contribution in [3.63, 3.8) is 0 Å². The molecule has 1 saturated carbocycles. The van der Waals surface area contributed by atoms with Gasteiger partial charge >= 0.3 is 0 Å². The van der Waals surface area contributed by atoms with E-state index < -0.39 is 15.6 Å². The molecule has 2 aromatic heterocycles. The van der Waals surface area contributed by atoms with Gasteiger partial charge in [0.15, 0.2) is 5.82 Å². The lowest BCUT2D eigenvalue weighted by atomic mass is 9.89. The highest BCUT2D eigenvalue weighted by Crippen LogP contribution is 2.35. The van der Waals surface area contributed by atoms with Gasteiger partial charge in [-0.15, -0.1) is 0 Å². The van der Waals surface area contributed by atoms with Gasteiger partial charge in [-0.05, 0) is 31.7 Å². The average Bonchev–Trinajstić information content (AvgIpc) is 3.43. The fourth-order valence-corrected chi connectivity index (χ4v) is 6.08. The topological polar surface area (TPSA) is 110 Å². The third kappa shape index (κ3) is 3.90.